The Balaban J connectivity index is 2.88. The van der Waals surface area contributed by atoms with Crippen LogP contribution in [-0.2, 0) is 0 Å². The van der Waals surface area contributed by atoms with Crippen molar-refractivity contribution in [3.05, 3.63) is 12.2 Å². The summed E-state index contributed by atoms with van der Waals surface area (Å²) in [5, 5.41) is 9.65. The number of alkyl halides is 1. The van der Waals surface area contributed by atoms with Crippen molar-refractivity contribution in [3.63, 3.8) is 0 Å². The van der Waals surface area contributed by atoms with Crippen LogP contribution in [0.3, 0.4) is 0 Å². The summed E-state index contributed by atoms with van der Waals surface area (Å²) in [6, 6.07) is 0. The van der Waals surface area contributed by atoms with Gasteiger partial charge in [0.25, 0.3) is 0 Å². The van der Waals surface area contributed by atoms with Crippen LogP contribution in [0.2, 0.25) is 0 Å². The molecule has 0 aromatic rings. The number of unbranched alkanes of at least 4 members (excludes halogenated alkanes) is 7. The summed E-state index contributed by atoms with van der Waals surface area (Å²) in [6.45, 7) is 0.187. The van der Waals surface area contributed by atoms with Gasteiger partial charge in [0.2, 0.25) is 0 Å². The van der Waals surface area contributed by atoms with Crippen molar-refractivity contribution in [1.29, 1.82) is 0 Å². The molecule has 0 aromatic heterocycles. The van der Waals surface area contributed by atoms with Gasteiger partial charge >= 0.3 is 0 Å². The highest BCUT2D eigenvalue weighted by Crippen LogP contribution is 2.09. The van der Waals surface area contributed by atoms with E-state index in [1.165, 1.54) is 44.9 Å². The fraction of sp³-hybridized carbons (Fsp3) is 0.833. The molecule has 0 aromatic carbocycles. The number of halogens is 1. The molecule has 1 N–H and O–H groups in total. The highest BCUT2D eigenvalue weighted by atomic mass is 79.9. The van der Waals surface area contributed by atoms with Crippen molar-refractivity contribution in [2.24, 2.45) is 0 Å². The van der Waals surface area contributed by atoms with Crippen LogP contribution in [0.25, 0.3) is 0 Å². The van der Waals surface area contributed by atoms with Crippen molar-refractivity contribution in [3.8, 4) is 0 Å². The Morgan fingerprint density at radius 3 is 1.93 bits per heavy atom. The van der Waals surface area contributed by atoms with Crippen LogP contribution < -0.4 is 0 Å². The molecule has 0 aliphatic heterocycles. The van der Waals surface area contributed by atoms with Gasteiger partial charge in [0.1, 0.15) is 0 Å². The predicted octanol–water partition coefficient (Wildman–Crippen LogP) is 4.05. The average Bonchev–Trinajstić information content (AvgIpc) is 2.21. The Hall–Kier alpha value is 0.180. The van der Waals surface area contributed by atoms with Crippen molar-refractivity contribution in [2.75, 3.05) is 11.9 Å². The second-order valence-corrected chi connectivity index (χ2v) is 4.40. The van der Waals surface area contributed by atoms with E-state index >= 15 is 0 Å². The van der Waals surface area contributed by atoms with E-state index in [0.29, 0.717) is 0 Å². The van der Waals surface area contributed by atoms with Crippen LogP contribution in [0, 0.1) is 0 Å². The molecule has 0 fully saturated rings. The quantitative estimate of drug-likeness (QED) is 0.358. The van der Waals surface area contributed by atoms with Crippen molar-refractivity contribution in [2.45, 2.75) is 51.4 Å². The zero-order chi connectivity index (χ0) is 10.5. The molecular formula is C12H23BrO. The van der Waals surface area contributed by atoms with E-state index in [9.17, 15) is 0 Å². The third-order valence-electron chi connectivity index (χ3n) is 2.28. The van der Waals surface area contributed by atoms with Crippen LogP contribution in [0.5, 0.6) is 0 Å². The minimum absolute atomic E-state index is 0.187. The second-order valence-electron chi connectivity index (χ2n) is 3.61. The monoisotopic (exact) mass is 262 g/mol. The molecule has 0 amide bonds. The first-order chi connectivity index (χ1) is 6.91. The van der Waals surface area contributed by atoms with E-state index in [1.54, 1.807) is 0 Å². The normalized spacial score (nSPS) is 11.3. The van der Waals surface area contributed by atoms with Crippen LogP contribution in [0.4, 0.5) is 0 Å². The van der Waals surface area contributed by atoms with Gasteiger partial charge in [0.05, 0.1) is 6.61 Å². The summed E-state index contributed by atoms with van der Waals surface area (Å²) >= 11 is 3.44. The summed E-state index contributed by atoms with van der Waals surface area (Å²) < 4.78 is 0. The van der Waals surface area contributed by atoms with Gasteiger partial charge in [-0.15, -0.1) is 0 Å². The number of rotatable bonds is 10. The maximum Gasteiger partial charge on any atom is 0.0612 e. The molecule has 84 valence electrons. The molecule has 0 bridgehead atoms. The molecule has 0 aliphatic carbocycles. The minimum atomic E-state index is 0.187. The van der Waals surface area contributed by atoms with Crippen LogP contribution in [0.1, 0.15) is 51.4 Å². The van der Waals surface area contributed by atoms with Crippen molar-refractivity contribution in [1.82, 2.24) is 0 Å². The Kier molecular flexibility index (Phi) is 13.3. The number of hydrogen-bond donors (Lipinski definition) is 1. The summed E-state index contributed by atoms with van der Waals surface area (Å²) in [4.78, 5) is 0. The van der Waals surface area contributed by atoms with Crippen LogP contribution >= 0.6 is 15.9 Å². The largest absolute Gasteiger partial charge is 0.392 e. The molecule has 0 radical (unpaired) electrons. The fourth-order valence-electron chi connectivity index (χ4n) is 1.43. The standard InChI is InChI=1S/C12H23BrO/c13-11-9-7-5-3-1-2-4-6-8-10-12-14/h8,10,14H,1-7,9,11-12H2. The molecule has 0 spiro atoms. The Labute approximate surface area is 96.7 Å². The maximum absolute atomic E-state index is 8.50. The lowest BCUT2D eigenvalue weighted by Crippen LogP contribution is -1.81. The van der Waals surface area contributed by atoms with E-state index in [0.717, 1.165) is 11.8 Å². The SMILES string of the molecule is OCC=CCCCCCCCCCBr. The van der Waals surface area contributed by atoms with E-state index < -0.39 is 0 Å². The highest BCUT2D eigenvalue weighted by molar-refractivity contribution is 9.09. The van der Waals surface area contributed by atoms with Crippen molar-refractivity contribution >= 4 is 15.9 Å². The molecule has 0 atom stereocenters. The minimum Gasteiger partial charge on any atom is -0.392 e. The van der Waals surface area contributed by atoms with Gasteiger partial charge in [-0.1, -0.05) is 60.2 Å². The molecular weight excluding hydrogens is 240 g/mol. The smallest absolute Gasteiger partial charge is 0.0612 e. The number of aliphatic hydroxyl groups is 1. The Morgan fingerprint density at radius 1 is 0.786 bits per heavy atom. The zero-order valence-corrected chi connectivity index (χ0v) is 10.6. The molecule has 0 saturated heterocycles. The molecule has 0 saturated carbocycles. The highest BCUT2D eigenvalue weighted by Gasteiger charge is 1.90. The van der Waals surface area contributed by atoms with Gasteiger partial charge in [-0.05, 0) is 19.3 Å². The molecule has 14 heavy (non-hydrogen) atoms. The molecule has 0 aliphatic rings. The van der Waals surface area contributed by atoms with Gasteiger partial charge in [0, 0.05) is 5.33 Å². The van der Waals surface area contributed by atoms with Crippen LogP contribution in [0.15, 0.2) is 12.2 Å². The van der Waals surface area contributed by atoms with E-state index in [1.807, 2.05) is 6.08 Å². The zero-order valence-electron chi connectivity index (χ0n) is 9.05. The third-order valence-corrected chi connectivity index (χ3v) is 2.84. The summed E-state index contributed by atoms with van der Waals surface area (Å²) in [6.07, 6.45) is 14.5. The predicted molar refractivity (Wildman–Crippen MR) is 67.0 cm³/mol. The first-order valence-corrected chi connectivity index (χ1v) is 6.85. The lowest BCUT2D eigenvalue weighted by atomic mass is 10.1. The second kappa shape index (κ2) is 13.2. The van der Waals surface area contributed by atoms with E-state index in [-0.39, 0.29) is 6.61 Å². The van der Waals surface area contributed by atoms with Crippen LogP contribution in [-0.4, -0.2) is 17.0 Å². The van der Waals surface area contributed by atoms with E-state index in [2.05, 4.69) is 22.0 Å². The molecule has 0 heterocycles. The summed E-state index contributed by atoms with van der Waals surface area (Å²) in [7, 11) is 0. The molecule has 0 unspecified atom stereocenters. The first kappa shape index (κ1) is 14.2. The third kappa shape index (κ3) is 12.2. The maximum atomic E-state index is 8.50. The Bertz CT molecular complexity index is 123. The molecule has 1 nitrogen and oxygen atoms in total. The van der Waals surface area contributed by atoms with E-state index in [4.69, 9.17) is 5.11 Å². The van der Waals surface area contributed by atoms with Crippen molar-refractivity contribution < 1.29 is 5.11 Å². The summed E-state index contributed by atoms with van der Waals surface area (Å²) in [5.74, 6) is 0. The molecule has 2 heteroatoms. The number of allylic oxidation sites excluding steroid dienone is 1. The lowest BCUT2D eigenvalue weighted by molar-refractivity contribution is 0.342. The number of aliphatic hydroxyl groups excluding tert-OH is 1. The number of hydrogen-bond acceptors (Lipinski definition) is 1. The topological polar surface area (TPSA) is 20.2 Å². The van der Waals surface area contributed by atoms with Gasteiger partial charge in [0.15, 0.2) is 0 Å². The Morgan fingerprint density at radius 2 is 1.36 bits per heavy atom. The average molecular weight is 263 g/mol. The van der Waals surface area contributed by atoms with Gasteiger partial charge in [-0.2, -0.15) is 0 Å². The fourth-order valence-corrected chi connectivity index (χ4v) is 1.83. The first-order valence-electron chi connectivity index (χ1n) is 5.73. The van der Waals surface area contributed by atoms with Gasteiger partial charge in [-0.25, -0.2) is 0 Å². The molecule has 0 rings (SSSR count). The lowest BCUT2D eigenvalue weighted by Gasteiger charge is -1.99. The van der Waals surface area contributed by atoms with Gasteiger partial charge < -0.3 is 5.11 Å². The van der Waals surface area contributed by atoms with Gasteiger partial charge in [-0.3, -0.25) is 0 Å². The summed E-state index contributed by atoms with van der Waals surface area (Å²) in [5.41, 5.74) is 0.